The number of nitrogens with two attached hydrogens (primary N) is 1. The van der Waals surface area contributed by atoms with Crippen molar-refractivity contribution in [3.8, 4) is 11.1 Å². The van der Waals surface area contributed by atoms with Crippen molar-refractivity contribution >= 4 is 23.5 Å². The standard InChI is InChI=1S/C28H36N8O2/c1-18(17-37)31-27(38)24-7-6-22(15-30-24)21-5-4-20-12-19(2)36(16-23(20)13-21)26-14-25(32-28(29)33-26)35-10-8-34(3)9-11-35/h4-7,13-15,18-19,37H,8-12,16-17H2,1-3H3,(H,31,38)(H2,29,32,33). The van der Waals surface area contributed by atoms with Crippen molar-refractivity contribution in [1.29, 1.82) is 0 Å². The van der Waals surface area contributed by atoms with Gasteiger partial charge in [-0.25, -0.2) is 0 Å². The van der Waals surface area contributed by atoms with Crippen LogP contribution in [0.5, 0.6) is 0 Å². The number of carbonyl (C=O) groups is 1. The first-order valence-corrected chi connectivity index (χ1v) is 13.2. The zero-order valence-corrected chi connectivity index (χ0v) is 22.3. The summed E-state index contributed by atoms with van der Waals surface area (Å²) in [5, 5.41) is 11.9. The summed E-state index contributed by atoms with van der Waals surface area (Å²) in [4.78, 5) is 32.7. The number of piperazine rings is 1. The largest absolute Gasteiger partial charge is 0.394 e. The molecule has 3 aromatic rings. The van der Waals surface area contributed by atoms with Crippen molar-refractivity contribution in [1.82, 2.24) is 25.2 Å². The molecule has 2 aromatic heterocycles. The number of hydrogen-bond acceptors (Lipinski definition) is 9. The molecule has 2 aliphatic heterocycles. The molecule has 4 heterocycles. The summed E-state index contributed by atoms with van der Waals surface area (Å²) in [5.41, 5.74) is 11.0. The zero-order valence-electron chi connectivity index (χ0n) is 22.3. The maximum absolute atomic E-state index is 12.3. The van der Waals surface area contributed by atoms with Crippen LogP contribution in [-0.4, -0.2) is 82.8 Å². The molecule has 2 unspecified atom stereocenters. The fourth-order valence-electron chi connectivity index (χ4n) is 5.05. The van der Waals surface area contributed by atoms with Crippen molar-refractivity contribution in [3.05, 3.63) is 59.4 Å². The molecule has 1 aromatic carbocycles. The Morgan fingerprint density at radius 2 is 1.82 bits per heavy atom. The molecule has 0 aliphatic carbocycles. The van der Waals surface area contributed by atoms with Crippen molar-refractivity contribution in [3.63, 3.8) is 0 Å². The van der Waals surface area contributed by atoms with E-state index in [9.17, 15) is 4.79 Å². The van der Waals surface area contributed by atoms with E-state index < -0.39 is 0 Å². The molecule has 10 heteroatoms. The summed E-state index contributed by atoms with van der Waals surface area (Å²) >= 11 is 0. The van der Waals surface area contributed by atoms with Crippen molar-refractivity contribution in [2.45, 2.75) is 38.9 Å². The van der Waals surface area contributed by atoms with Crippen LogP contribution in [0.4, 0.5) is 17.6 Å². The lowest BCUT2D eigenvalue weighted by molar-refractivity contribution is 0.0917. The number of anilines is 3. The van der Waals surface area contributed by atoms with Crippen molar-refractivity contribution in [2.75, 3.05) is 55.4 Å². The molecule has 1 saturated heterocycles. The van der Waals surface area contributed by atoms with Crippen molar-refractivity contribution in [2.24, 2.45) is 0 Å². The van der Waals surface area contributed by atoms with Gasteiger partial charge >= 0.3 is 0 Å². The van der Waals surface area contributed by atoms with E-state index in [4.69, 9.17) is 10.8 Å². The molecule has 1 fully saturated rings. The van der Waals surface area contributed by atoms with Gasteiger partial charge in [0, 0.05) is 62.6 Å². The molecule has 0 spiro atoms. The highest BCUT2D eigenvalue weighted by atomic mass is 16.3. The number of fused-ring (bicyclic) bond motifs is 1. The Bertz CT molecular complexity index is 1290. The average Bonchev–Trinajstić information content (AvgIpc) is 2.92. The second-order valence-corrected chi connectivity index (χ2v) is 10.4. The van der Waals surface area contributed by atoms with E-state index >= 15 is 0 Å². The Labute approximate surface area is 223 Å². The first-order valence-electron chi connectivity index (χ1n) is 13.2. The van der Waals surface area contributed by atoms with E-state index in [2.05, 4.69) is 73.2 Å². The number of nitrogens with zero attached hydrogens (tertiary/aromatic N) is 6. The van der Waals surface area contributed by atoms with Gasteiger partial charge in [-0.1, -0.05) is 18.2 Å². The van der Waals surface area contributed by atoms with Crippen LogP contribution in [0.25, 0.3) is 11.1 Å². The Kier molecular flexibility index (Phi) is 7.44. The van der Waals surface area contributed by atoms with E-state index in [0.717, 1.165) is 61.9 Å². The summed E-state index contributed by atoms with van der Waals surface area (Å²) in [6, 6.07) is 12.1. The van der Waals surface area contributed by atoms with Crippen LogP contribution in [0, 0.1) is 0 Å². The van der Waals surface area contributed by atoms with E-state index in [0.29, 0.717) is 11.6 Å². The van der Waals surface area contributed by atoms with E-state index in [-0.39, 0.29) is 24.6 Å². The molecule has 0 radical (unpaired) electrons. The molecule has 5 rings (SSSR count). The van der Waals surface area contributed by atoms with E-state index in [1.54, 1.807) is 19.2 Å². The Balaban J connectivity index is 1.36. The Morgan fingerprint density at radius 1 is 1.08 bits per heavy atom. The van der Waals surface area contributed by atoms with Gasteiger partial charge in [-0.15, -0.1) is 0 Å². The summed E-state index contributed by atoms with van der Waals surface area (Å²) in [5.74, 6) is 1.74. The van der Waals surface area contributed by atoms with E-state index in [1.165, 1.54) is 11.1 Å². The van der Waals surface area contributed by atoms with Crippen LogP contribution < -0.4 is 20.9 Å². The number of nitrogens with one attached hydrogen (secondary N) is 1. The smallest absolute Gasteiger partial charge is 0.270 e. The maximum Gasteiger partial charge on any atom is 0.270 e. The van der Waals surface area contributed by atoms with Gasteiger partial charge in [0.15, 0.2) is 0 Å². The number of hydrogen-bond donors (Lipinski definition) is 3. The lowest BCUT2D eigenvalue weighted by atomic mass is 9.92. The highest BCUT2D eigenvalue weighted by Gasteiger charge is 2.26. The molecular formula is C28H36N8O2. The first-order chi connectivity index (χ1) is 18.3. The number of aromatic nitrogens is 3. The lowest BCUT2D eigenvalue weighted by Gasteiger charge is -2.37. The fourth-order valence-corrected chi connectivity index (χ4v) is 5.05. The summed E-state index contributed by atoms with van der Waals surface area (Å²) < 4.78 is 0. The molecule has 0 saturated carbocycles. The number of aliphatic hydroxyl groups is 1. The number of pyridine rings is 1. The van der Waals surface area contributed by atoms with Crippen LogP contribution in [0.3, 0.4) is 0 Å². The topological polar surface area (TPSA) is 124 Å². The molecule has 2 aliphatic rings. The number of rotatable bonds is 6. The third-order valence-electron chi connectivity index (χ3n) is 7.41. The molecule has 2 atom stereocenters. The number of nitrogen functional groups attached to an aromatic ring is 1. The number of benzene rings is 1. The molecule has 38 heavy (non-hydrogen) atoms. The fraction of sp³-hybridized carbons (Fsp3) is 0.429. The highest BCUT2D eigenvalue weighted by Crippen LogP contribution is 2.32. The zero-order chi connectivity index (χ0) is 26.8. The van der Waals surface area contributed by atoms with Crippen LogP contribution >= 0.6 is 0 Å². The van der Waals surface area contributed by atoms with Gasteiger partial charge in [0.2, 0.25) is 5.95 Å². The molecule has 0 bridgehead atoms. The molecule has 4 N–H and O–H groups in total. The SMILES string of the molecule is CC(CO)NC(=O)c1ccc(-c2ccc3c(c2)CN(c2cc(N4CCN(C)CC4)nc(N)n2)C(C)C3)cn1. The van der Waals surface area contributed by atoms with Crippen LogP contribution in [-0.2, 0) is 13.0 Å². The second kappa shape index (κ2) is 10.9. The molecular weight excluding hydrogens is 480 g/mol. The third-order valence-corrected chi connectivity index (χ3v) is 7.41. The van der Waals surface area contributed by atoms with Crippen LogP contribution in [0.15, 0.2) is 42.6 Å². The third kappa shape index (κ3) is 5.56. The summed E-state index contributed by atoms with van der Waals surface area (Å²) in [7, 11) is 2.14. The Hall–Kier alpha value is -3.76. The number of amides is 1. The predicted octanol–water partition coefficient (Wildman–Crippen LogP) is 1.93. The predicted molar refractivity (Wildman–Crippen MR) is 149 cm³/mol. The van der Waals surface area contributed by atoms with E-state index in [1.807, 2.05) is 6.07 Å². The molecule has 1 amide bonds. The van der Waals surface area contributed by atoms with Gasteiger partial charge in [0.25, 0.3) is 5.91 Å². The minimum absolute atomic E-state index is 0.118. The minimum Gasteiger partial charge on any atom is -0.394 e. The van der Waals surface area contributed by atoms with Gasteiger partial charge in [-0.05, 0) is 56.1 Å². The van der Waals surface area contributed by atoms with Gasteiger partial charge < -0.3 is 30.9 Å². The molecule has 200 valence electrons. The van der Waals surface area contributed by atoms with Gasteiger partial charge in [0.1, 0.15) is 17.3 Å². The van der Waals surface area contributed by atoms with Gasteiger partial charge in [-0.2, -0.15) is 9.97 Å². The lowest BCUT2D eigenvalue weighted by Crippen LogP contribution is -2.45. The minimum atomic E-state index is -0.321. The summed E-state index contributed by atoms with van der Waals surface area (Å²) in [6.07, 6.45) is 2.63. The summed E-state index contributed by atoms with van der Waals surface area (Å²) in [6.45, 7) is 8.40. The monoisotopic (exact) mass is 516 g/mol. The normalized spacial score (nSPS) is 18.7. The van der Waals surface area contributed by atoms with Gasteiger partial charge in [-0.3, -0.25) is 9.78 Å². The number of aliphatic hydroxyl groups excluding tert-OH is 1. The van der Waals surface area contributed by atoms with Gasteiger partial charge in [0.05, 0.1) is 6.61 Å². The Morgan fingerprint density at radius 3 is 2.53 bits per heavy atom. The first kappa shape index (κ1) is 25.9. The number of likely N-dealkylation sites (N-methyl/N-ethyl adjacent to an activating group) is 1. The number of carbonyl (C=O) groups excluding carboxylic acids is 1. The maximum atomic E-state index is 12.3. The highest BCUT2D eigenvalue weighted by molar-refractivity contribution is 5.92. The van der Waals surface area contributed by atoms with Crippen LogP contribution in [0.1, 0.15) is 35.5 Å². The quantitative estimate of drug-likeness (QED) is 0.451. The second-order valence-electron chi connectivity index (χ2n) is 10.4. The molecule has 10 nitrogen and oxygen atoms in total. The average molecular weight is 517 g/mol. The van der Waals surface area contributed by atoms with Crippen molar-refractivity contribution < 1.29 is 9.90 Å². The van der Waals surface area contributed by atoms with Crippen LogP contribution in [0.2, 0.25) is 0 Å².